The van der Waals surface area contributed by atoms with Crippen molar-refractivity contribution in [3.8, 4) is 28.4 Å². The third-order valence-corrected chi connectivity index (χ3v) is 5.54. The van der Waals surface area contributed by atoms with Crippen molar-refractivity contribution in [1.82, 2.24) is 15.1 Å². The number of rotatable bonds is 6. The van der Waals surface area contributed by atoms with Gasteiger partial charge in [-0.15, -0.1) is 11.3 Å². The van der Waals surface area contributed by atoms with E-state index in [0.717, 1.165) is 16.8 Å². The third kappa shape index (κ3) is 3.66. The van der Waals surface area contributed by atoms with E-state index >= 15 is 0 Å². The molecule has 0 amide bonds. The summed E-state index contributed by atoms with van der Waals surface area (Å²) in [6, 6.07) is 13.7. The minimum Gasteiger partial charge on any atom is -0.484 e. The molecule has 1 fully saturated rings. The van der Waals surface area contributed by atoms with Gasteiger partial charge in [0.05, 0.1) is 10.7 Å². The third-order valence-electron chi connectivity index (χ3n) is 4.53. The first-order valence-electron chi connectivity index (χ1n) is 9.02. The molecule has 2 aromatic heterocycles. The average molecular weight is 393 g/mol. The van der Waals surface area contributed by atoms with Gasteiger partial charge in [0.1, 0.15) is 11.6 Å². The predicted octanol–water partition coefficient (Wildman–Crippen LogP) is 5.46. The van der Waals surface area contributed by atoms with Gasteiger partial charge in [0, 0.05) is 22.4 Å². The quantitative estimate of drug-likeness (QED) is 0.436. The minimum atomic E-state index is -0.308. The van der Waals surface area contributed by atoms with Gasteiger partial charge >= 0.3 is 0 Å². The summed E-state index contributed by atoms with van der Waals surface area (Å²) in [4.78, 5) is 9.10. The number of ether oxygens (including phenoxy) is 1. The molecule has 1 aliphatic rings. The number of hydrogen-bond acceptors (Lipinski definition) is 6. The molecule has 7 heteroatoms. The molecule has 2 aromatic carbocycles. The molecule has 4 aromatic rings. The highest BCUT2D eigenvalue weighted by molar-refractivity contribution is 7.10. The van der Waals surface area contributed by atoms with Gasteiger partial charge in [-0.05, 0) is 37.1 Å². The Balaban J connectivity index is 1.26. The fraction of sp³-hybridized carbons (Fsp3) is 0.190. The Bertz CT molecular complexity index is 1090. The predicted molar refractivity (Wildman–Crippen MR) is 104 cm³/mol. The lowest BCUT2D eigenvalue weighted by atomic mass is 10.1. The molecule has 5 rings (SSSR count). The van der Waals surface area contributed by atoms with Gasteiger partial charge in [-0.2, -0.15) is 4.98 Å². The molecular weight excluding hydrogens is 377 g/mol. The highest BCUT2D eigenvalue weighted by Crippen LogP contribution is 2.42. The normalized spacial score (nSPS) is 13.6. The first kappa shape index (κ1) is 17.1. The van der Waals surface area contributed by atoms with E-state index in [-0.39, 0.29) is 12.4 Å². The lowest BCUT2D eigenvalue weighted by Crippen LogP contribution is -1.95. The Labute approximate surface area is 164 Å². The molecule has 0 bridgehead atoms. The number of halogens is 1. The lowest BCUT2D eigenvalue weighted by Gasteiger charge is -2.01. The van der Waals surface area contributed by atoms with E-state index in [0.29, 0.717) is 23.4 Å². The summed E-state index contributed by atoms with van der Waals surface area (Å²) in [7, 11) is 0. The highest BCUT2D eigenvalue weighted by Gasteiger charge is 2.26. The van der Waals surface area contributed by atoms with Crippen LogP contribution in [0.4, 0.5) is 4.39 Å². The molecule has 140 valence electrons. The Morgan fingerprint density at radius 2 is 1.75 bits per heavy atom. The Hall–Kier alpha value is -3.06. The van der Waals surface area contributed by atoms with Crippen LogP contribution in [-0.4, -0.2) is 15.1 Å². The lowest BCUT2D eigenvalue weighted by molar-refractivity contribution is 0.242. The summed E-state index contributed by atoms with van der Waals surface area (Å²) in [5.74, 6) is 1.77. The van der Waals surface area contributed by atoms with Gasteiger partial charge in [0.2, 0.25) is 5.82 Å². The van der Waals surface area contributed by atoms with Crippen molar-refractivity contribution in [2.75, 3.05) is 0 Å². The molecule has 0 atom stereocenters. The molecule has 2 heterocycles. The molecule has 0 spiro atoms. The topological polar surface area (TPSA) is 61.0 Å². The van der Waals surface area contributed by atoms with Gasteiger partial charge in [-0.1, -0.05) is 29.4 Å². The van der Waals surface area contributed by atoms with Crippen LogP contribution in [0.3, 0.4) is 0 Å². The van der Waals surface area contributed by atoms with Crippen molar-refractivity contribution in [1.29, 1.82) is 0 Å². The van der Waals surface area contributed by atoms with E-state index in [2.05, 4.69) is 15.5 Å². The number of hydrogen-bond donors (Lipinski definition) is 0. The van der Waals surface area contributed by atoms with E-state index < -0.39 is 0 Å². The Morgan fingerprint density at radius 3 is 2.50 bits per heavy atom. The summed E-state index contributed by atoms with van der Waals surface area (Å²) in [6.07, 6.45) is 2.52. The number of nitrogens with zero attached hydrogens (tertiary/aromatic N) is 3. The van der Waals surface area contributed by atoms with E-state index in [1.807, 2.05) is 24.3 Å². The van der Waals surface area contributed by atoms with E-state index in [1.165, 1.54) is 30.0 Å². The van der Waals surface area contributed by atoms with Crippen LogP contribution in [0.15, 0.2) is 58.4 Å². The molecule has 1 saturated carbocycles. The van der Waals surface area contributed by atoms with Crippen molar-refractivity contribution in [3.05, 3.63) is 70.6 Å². The van der Waals surface area contributed by atoms with Crippen LogP contribution < -0.4 is 4.74 Å². The molecule has 0 unspecified atom stereocenters. The molecule has 0 aliphatic heterocycles. The number of benzene rings is 2. The molecule has 1 aliphatic carbocycles. The van der Waals surface area contributed by atoms with E-state index in [4.69, 9.17) is 14.2 Å². The van der Waals surface area contributed by atoms with E-state index in [9.17, 15) is 4.39 Å². The van der Waals surface area contributed by atoms with Gasteiger partial charge < -0.3 is 9.26 Å². The molecule has 0 saturated heterocycles. The van der Waals surface area contributed by atoms with E-state index in [1.54, 1.807) is 23.5 Å². The van der Waals surface area contributed by atoms with Crippen LogP contribution in [0, 0.1) is 5.82 Å². The zero-order valence-electron chi connectivity index (χ0n) is 14.8. The maximum atomic E-state index is 12.9. The highest BCUT2D eigenvalue weighted by atomic mass is 32.1. The summed E-state index contributed by atoms with van der Waals surface area (Å²) in [5.41, 5.74) is 2.95. The minimum absolute atomic E-state index is 0.124. The average Bonchev–Trinajstić information content (AvgIpc) is 3.27. The summed E-state index contributed by atoms with van der Waals surface area (Å²) < 4.78 is 23.7. The maximum Gasteiger partial charge on any atom is 0.264 e. The Morgan fingerprint density at radius 1 is 1.00 bits per heavy atom. The SMILES string of the molecule is Fc1ccc(OCc2nc(-c3ccc(-c4csc(C5CC5)n4)cc3)no2)cc1. The van der Waals surface area contributed by atoms with Crippen LogP contribution in [0.1, 0.15) is 29.7 Å². The number of thiazole rings is 1. The zero-order valence-corrected chi connectivity index (χ0v) is 15.7. The second-order valence-corrected chi connectivity index (χ2v) is 7.57. The largest absolute Gasteiger partial charge is 0.484 e. The van der Waals surface area contributed by atoms with Crippen LogP contribution in [0.5, 0.6) is 5.75 Å². The van der Waals surface area contributed by atoms with Crippen molar-refractivity contribution in [3.63, 3.8) is 0 Å². The van der Waals surface area contributed by atoms with Crippen molar-refractivity contribution in [2.45, 2.75) is 25.4 Å². The molecule has 0 N–H and O–H groups in total. The fourth-order valence-electron chi connectivity index (χ4n) is 2.83. The van der Waals surface area contributed by atoms with Gasteiger partial charge in [0.15, 0.2) is 6.61 Å². The van der Waals surface area contributed by atoms with Gasteiger partial charge in [-0.3, -0.25) is 0 Å². The monoisotopic (exact) mass is 393 g/mol. The summed E-state index contributed by atoms with van der Waals surface area (Å²) in [5, 5.41) is 7.36. The van der Waals surface area contributed by atoms with Crippen molar-refractivity contribution >= 4 is 11.3 Å². The van der Waals surface area contributed by atoms with Crippen molar-refractivity contribution in [2.24, 2.45) is 0 Å². The summed E-state index contributed by atoms with van der Waals surface area (Å²) >= 11 is 1.74. The van der Waals surface area contributed by atoms with Crippen LogP contribution >= 0.6 is 11.3 Å². The summed E-state index contributed by atoms with van der Waals surface area (Å²) in [6.45, 7) is 0.124. The molecular formula is C21H16FN3O2S. The maximum absolute atomic E-state index is 12.9. The smallest absolute Gasteiger partial charge is 0.264 e. The van der Waals surface area contributed by atoms with Gasteiger partial charge in [-0.25, -0.2) is 9.37 Å². The first-order valence-corrected chi connectivity index (χ1v) is 9.90. The Kier molecular flexibility index (Phi) is 4.37. The number of aromatic nitrogens is 3. The molecule has 28 heavy (non-hydrogen) atoms. The molecule has 0 radical (unpaired) electrons. The van der Waals surface area contributed by atoms with Crippen LogP contribution in [0.25, 0.3) is 22.6 Å². The van der Waals surface area contributed by atoms with Crippen LogP contribution in [-0.2, 0) is 6.61 Å². The second kappa shape index (κ2) is 7.16. The standard InChI is InChI=1S/C21H16FN3O2S/c22-16-7-9-17(10-8-16)26-11-19-24-20(25-27-19)14-3-1-13(2-4-14)18-12-28-21(23-18)15-5-6-15/h1-4,7-10,12,15H,5-6,11H2. The molecule has 5 nitrogen and oxygen atoms in total. The van der Waals surface area contributed by atoms with Crippen LogP contribution in [0.2, 0.25) is 0 Å². The first-order chi connectivity index (χ1) is 13.7. The van der Waals surface area contributed by atoms with Crippen molar-refractivity contribution < 1.29 is 13.7 Å². The second-order valence-electron chi connectivity index (χ2n) is 6.68. The fourth-order valence-corrected chi connectivity index (χ4v) is 3.84. The van der Waals surface area contributed by atoms with Gasteiger partial charge in [0.25, 0.3) is 5.89 Å². The zero-order chi connectivity index (χ0) is 18.9.